The van der Waals surface area contributed by atoms with Gasteiger partial charge in [0.2, 0.25) is 0 Å². The standard InChI is InChI=1S/C13H27N3O4/c1-13(2,3)20-12(18)15-10(11(17)19-6)9-16(5)8-7-14-4/h10,14H,7-9H2,1-6H3,(H,15,18). The van der Waals surface area contributed by atoms with Crippen molar-refractivity contribution in [2.45, 2.75) is 32.4 Å². The molecule has 0 aromatic rings. The third-order valence-corrected chi connectivity index (χ3v) is 2.41. The van der Waals surface area contributed by atoms with Gasteiger partial charge in [-0.25, -0.2) is 9.59 Å². The van der Waals surface area contributed by atoms with E-state index in [0.29, 0.717) is 6.54 Å². The molecule has 7 heteroatoms. The second-order valence-electron chi connectivity index (χ2n) is 5.59. The Labute approximate surface area is 121 Å². The van der Waals surface area contributed by atoms with E-state index >= 15 is 0 Å². The fraction of sp³-hybridized carbons (Fsp3) is 0.846. The maximum Gasteiger partial charge on any atom is 0.408 e. The summed E-state index contributed by atoms with van der Waals surface area (Å²) in [5, 5.41) is 5.55. The van der Waals surface area contributed by atoms with Crippen LogP contribution in [0.3, 0.4) is 0 Å². The topological polar surface area (TPSA) is 79.9 Å². The van der Waals surface area contributed by atoms with E-state index in [1.54, 1.807) is 20.8 Å². The Morgan fingerprint density at radius 2 is 1.90 bits per heavy atom. The predicted molar refractivity (Wildman–Crippen MR) is 76.6 cm³/mol. The molecule has 0 fully saturated rings. The molecule has 0 spiro atoms. The largest absolute Gasteiger partial charge is 0.467 e. The molecule has 0 heterocycles. The van der Waals surface area contributed by atoms with Crippen LogP contribution in [0.15, 0.2) is 0 Å². The van der Waals surface area contributed by atoms with Gasteiger partial charge < -0.3 is 25.0 Å². The van der Waals surface area contributed by atoms with Crippen molar-refractivity contribution in [3.63, 3.8) is 0 Å². The monoisotopic (exact) mass is 289 g/mol. The number of nitrogens with one attached hydrogen (secondary N) is 2. The number of carbonyl (C=O) groups is 2. The highest BCUT2D eigenvalue weighted by Gasteiger charge is 2.25. The molecule has 1 unspecified atom stereocenters. The third-order valence-electron chi connectivity index (χ3n) is 2.41. The van der Waals surface area contributed by atoms with Gasteiger partial charge in [-0.05, 0) is 34.9 Å². The number of carbonyl (C=O) groups excluding carboxylic acids is 2. The SMILES string of the molecule is CNCCN(C)CC(NC(=O)OC(C)(C)C)C(=O)OC. The van der Waals surface area contributed by atoms with Gasteiger partial charge in [-0.3, -0.25) is 0 Å². The highest BCUT2D eigenvalue weighted by molar-refractivity contribution is 5.81. The smallest absolute Gasteiger partial charge is 0.408 e. The summed E-state index contributed by atoms with van der Waals surface area (Å²) >= 11 is 0. The fourth-order valence-electron chi connectivity index (χ4n) is 1.48. The van der Waals surface area contributed by atoms with Crippen molar-refractivity contribution in [1.29, 1.82) is 0 Å². The minimum atomic E-state index is -0.753. The lowest BCUT2D eigenvalue weighted by molar-refractivity contribution is -0.143. The van der Waals surface area contributed by atoms with Gasteiger partial charge in [-0.1, -0.05) is 0 Å². The van der Waals surface area contributed by atoms with Crippen LogP contribution in [0.1, 0.15) is 20.8 Å². The van der Waals surface area contributed by atoms with E-state index in [2.05, 4.69) is 10.6 Å². The first-order valence-electron chi connectivity index (χ1n) is 6.60. The predicted octanol–water partition coefficient (Wildman–Crippen LogP) is 0.204. The lowest BCUT2D eigenvalue weighted by Gasteiger charge is -2.25. The van der Waals surface area contributed by atoms with E-state index in [1.165, 1.54) is 7.11 Å². The second kappa shape index (κ2) is 8.76. The maximum absolute atomic E-state index is 11.7. The third kappa shape index (κ3) is 8.71. The summed E-state index contributed by atoms with van der Waals surface area (Å²) in [4.78, 5) is 25.3. The highest BCUT2D eigenvalue weighted by atomic mass is 16.6. The lowest BCUT2D eigenvalue weighted by Crippen LogP contribution is -2.50. The minimum Gasteiger partial charge on any atom is -0.467 e. The molecule has 0 saturated heterocycles. The number of nitrogens with zero attached hydrogens (tertiary/aromatic N) is 1. The van der Waals surface area contributed by atoms with E-state index in [-0.39, 0.29) is 0 Å². The first-order valence-corrected chi connectivity index (χ1v) is 6.60. The molecular formula is C13H27N3O4. The Bertz CT molecular complexity index is 315. The van der Waals surface area contributed by atoms with Gasteiger partial charge in [-0.15, -0.1) is 0 Å². The molecule has 2 N–H and O–H groups in total. The van der Waals surface area contributed by atoms with E-state index < -0.39 is 23.7 Å². The fourth-order valence-corrected chi connectivity index (χ4v) is 1.48. The maximum atomic E-state index is 11.7. The van der Waals surface area contributed by atoms with Crippen LogP contribution in [-0.2, 0) is 14.3 Å². The number of hydrogen-bond acceptors (Lipinski definition) is 6. The molecule has 0 saturated carbocycles. The van der Waals surface area contributed by atoms with E-state index in [0.717, 1.165) is 13.1 Å². The Morgan fingerprint density at radius 1 is 1.30 bits per heavy atom. The van der Waals surface area contributed by atoms with Crippen LogP contribution in [0.2, 0.25) is 0 Å². The zero-order chi connectivity index (χ0) is 15.8. The van der Waals surface area contributed by atoms with Crippen molar-refractivity contribution in [2.75, 3.05) is 40.8 Å². The molecule has 0 aromatic carbocycles. The number of alkyl carbamates (subject to hydrolysis) is 1. The molecule has 0 bridgehead atoms. The second-order valence-corrected chi connectivity index (χ2v) is 5.59. The molecule has 7 nitrogen and oxygen atoms in total. The zero-order valence-electron chi connectivity index (χ0n) is 13.3. The number of hydrogen-bond donors (Lipinski definition) is 2. The Balaban J connectivity index is 4.49. The quantitative estimate of drug-likeness (QED) is 0.652. The molecule has 1 atom stereocenters. The van der Waals surface area contributed by atoms with Crippen LogP contribution in [0, 0.1) is 0 Å². The Kier molecular flexibility index (Phi) is 8.17. The molecule has 0 aromatic heterocycles. The first-order chi connectivity index (χ1) is 9.19. The molecule has 1 amide bonds. The Hall–Kier alpha value is -1.34. The van der Waals surface area contributed by atoms with E-state index in [4.69, 9.17) is 9.47 Å². The van der Waals surface area contributed by atoms with Crippen molar-refractivity contribution in [3.8, 4) is 0 Å². The Morgan fingerprint density at radius 3 is 2.35 bits per heavy atom. The van der Waals surface area contributed by atoms with Gasteiger partial charge in [-0.2, -0.15) is 0 Å². The van der Waals surface area contributed by atoms with Crippen LogP contribution < -0.4 is 10.6 Å². The van der Waals surface area contributed by atoms with Crippen LogP contribution in [-0.4, -0.2) is 69.4 Å². The van der Waals surface area contributed by atoms with E-state index in [9.17, 15) is 9.59 Å². The lowest BCUT2D eigenvalue weighted by atomic mass is 10.2. The summed E-state index contributed by atoms with van der Waals surface area (Å²) < 4.78 is 9.83. The van der Waals surface area contributed by atoms with Crippen LogP contribution in [0.25, 0.3) is 0 Å². The molecule has 118 valence electrons. The van der Waals surface area contributed by atoms with Crippen molar-refractivity contribution in [1.82, 2.24) is 15.5 Å². The first kappa shape index (κ1) is 18.7. The van der Waals surface area contributed by atoms with Crippen molar-refractivity contribution >= 4 is 12.1 Å². The molecule has 0 radical (unpaired) electrons. The van der Waals surface area contributed by atoms with E-state index in [1.807, 2.05) is 19.0 Å². The number of amides is 1. The van der Waals surface area contributed by atoms with Crippen LogP contribution in [0.5, 0.6) is 0 Å². The molecule has 0 aliphatic carbocycles. The van der Waals surface area contributed by atoms with Gasteiger partial charge >= 0.3 is 12.1 Å². The minimum absolute atomic E-state index is 0.355. The molecule has 0 aliphatic rings. The van der Waals surface area contributed by atoms with Gasteiger partial charge in [0.15, 0.2) is 0 Å². The van der Waals surface area contributed by atoms with Gasteiger partial charge in [0, 0.05) is 19.6 Å². The number of likely N-dealkylation sites (N-methyl/N-ethyl adjacent to an activating group) is 2. The zero-order valence-corrected chi connectivity index (χ0v) is 13.3. The van der Waals surface area contributed by atoms with Crippen LogP contribution in [0.4, 0.5) is 4.79 Å². The van der Waals surface area contributed by atoms with Crippen molar-refractivity contribution in [2.24, 2.45) is 0 Å². The van der Waals surface area contributed by atoms with Crippen LogP contribution >= 0.6 is 0 Å². The summed E-state index contributed by atoms with van der Waals surface area (Å²) in [6.45, 7) is 7.18. The average molecular weight is 289 g/mol. The summed E-state index contributed by atoms with van der Waals surface area (Å²) in [7, 11) is 5.01. The average Bonchev–Trinajstić information content (AvgIpc) is 2.32. The molecule has 0 aliphatic heterocycles. The van der Waals surface area contributed by atoms with Gasteiger partial charge in [0.25, 0.3) is 0 Å². The van der Waals surface area contributed by atoms with Gasteiger partial charge in [0.05, 0.1) is 7.11 Å². The van der Waals surface area contributed by atoms with Gasteiger partial charge in [0.1, 0.15) is 11.6 Å². The summed E-state index contributed by atoms with van der Waals surface area (Å²) in [5.41, 5.74) is -0.608. The number of ether oxygens (including phenoxy) is 2. The molecule has 0 rings (SSSR count). The summed E-state index contributed by atoms with van der Waals surface area (Å²) in [6, 6.07) is -0.753. The normalized spacial score (nSPS) is 12.9. The molecular weight excluding hydrogens is 262 g/mol. The highest BCUT2D eigenvalue weighted by Crippen LogP contribution is 2.07. The summed E-state index contributed by atoms with van der Waals surface area (Å²) in [5.74, 6) is -0.493. The summed E-state index contributed by atoms with van der Waals surface area (Å²) in [6.07, 6.45) is -0.630. The van der Waals surface area contributed by atoms with Crippen molar-refractivity contribution < 1.29 is 19.1 Å². The number of rotatable bonds is 7. The number of esters is 1. The van der Waals surface area contributed by atoms with Crippen molar-refractivity contribution in [3.05, 3.63) is 0 Å². The number of methoxy groups -OCH3 is 1. The molecule has 20 heavy (non-hydrogen) atoms.